The molecule has 5 heteroatoms. The molecule has 0 aliphatic rings. The quantitative estimate of drug-likeness (QED) is 0.830. The van der Waals surface area contributed by atoms with Gasteiger partial charge in [-0.3, -0.25) is 0 Å². The van der Waals surface area contributed by atoms with E-state index in [1.54, 1.807) is 11.6 Å². The Labute approximate surface area is 82.5 Å². The number of nitrogens with zero attached hydrogens (tertiary/aromatic N) is 1. The third kappa shape index (κ3) is 1.48. The molecule has 0 fully saturated rings. The van der Waals surface area contributed by atoms with E-state index < -0.39 is 5.97 Å². The second kappa shape index (κ2) is 3.27. The van der Waals surface area contributed by atoms with Crippen LogP contribution in [0.25, 0.3) is 10.4 Å². The molecule has 0 aromatic carbocycles. The lowest BCUT2D eigenvalue weighted by Crippen LogP contribution is -1.93. The Morgan fingerprint density at radius 1 is 1.46 bits per heavy atom. The van der Waals surface area contributed by atoms with Crippen LogP contribution in [-0.2, 0) is 0 Å². The Balaban J connectivity index is 2.52. The summed E-state index contributed by atoms with van der Waals surface area (Å²) in [5, 5.41) is 10.6. The Morgan fingerprint density at radius 2 is 2.31 bits per heavy atom. The highest BCUT2D eigenvalue weighted by atomic mass is 32.1. The zero-order valence-corrected chi connectivity index (χ0v) is 8.06. The van der Waals surface area contributed by atoms with Crippen molar-refractivity contribution in [2.45, 2.75) is 0 Å². The van der Waals surface area contributed by atoms with Crippen LogP contribution in [0.2, 0.25) is 0 Å². The average molecular weight is 211 g/mol. The molecule has 0 saturated carbocycles. The Hall–Kier alpha value is -1.20. The van der Waals surface area contributed by atoms with E-state index in [1.165, 1.54) is 22.9 Å². The van der Waals surface area contributed by atoms with Gasteiger partial charge in [0.1, 0.15) is 4.88 Å². The van der Waals surface area contributed by atoms with E-state index in [1.807, 2.05) is 12.1 Å². The molecule has 0 unspecified atom stereocenters. The van der Waals surface area contributed by atoms with E-state index >= 15 is 0 Å². The van der Waals surface area contributed by atoms with Crippen LogP contribution in [-0.4, -0.2) is 15.4 Å². The van der Waals surface area contributed by atoms with Crippen LogP contribution in [0.4, 0.5) is 0 Å². The zero-order chi connectivity index (χ0) is 9.26. The van der Waals surface area contributed by atoms with Gasteiger partial charge in [-0.2, -0.15) is 0 Å². The number of carboxylic acid groups (broad SMARTS) is 1. The van der Waals surface area contributed by atoms with Gasteiger partial charge < -0.3 is 5.11 Å². The number of carboxylic acids is 1. The molecule has 0 saturated heterocycles. The number of thiophene rings is 1. The highest BCUT2D eigenvalue weighted by molar-refractivity contribution is 7.14. The van der Waals surface area contributed by atoms with Crippen LogP contribution in [0.3, 0.4) is 0 Å². The maximum atomic E-state index is 10.8. The van der Waals surface area contributed by atoms with Crippen molar-refractivity contribution in [1.82, 2.24) is 4.37 Å². The summed E-state index contributed by atoms with van der Waals surface area (Å²) in [6.45, 7) is 0. The van der Waals surface area contributed by atoms with Crippen molar-refractivity contribution >= 4 is 28.8 Å². The first-order chi connectivity index (χ1) is 6.29. The Kier molecular flexibility index (Phi) is 2.12. The molecule has 0 aliphatic heterocycles. The smallest absolute Gasteiger partial charge is 0.346 e. The van der Waals surface area contributed by atoms with Crippen LogP contribution in [0, 0.1) is 0 Å². The predicted molar refractivity (Wildman–Crippen MR) is 52.4 cm³/mol. The summed E-state index contributed by atoms with van der Waals surface area (Å²) < 4.78 is 3.93. The summed E-state index contributed by atoms with van der Waals surface area (Å²) in [6, 6.07) is 3.63. The fourth-order valence-corrected chi connectivity index (χ4v) is 2.46. The molecule has 13 heavy (non-hydrogen) atoms. The van der Waals surface area contributed by atoms with Gasteiger partial charge in [0.15, 0.2) is 0 Å². The largest absolute Gasteiger partial charge is 0.477 e. The summed E-state index contributed by atoms with van der Waals surface area (Å²) in [5.74, 6) is -0.876. The standard InChI is InChI=1S/C8H5NO2S2/c10-8(11)7-5(2-4-12-7)6-1-3-9-13-6/h1-4H,(H,10,11). The van der Waals surface area contributed by atoms with E-state index in [-0.39, 0.29) is 0 Å². The number of aromatic nitrogens is 1. The molecule has 1 N–H and O–H groups in total. The van der Waals surface area contributed by atoms with Crippen molar-refractivity contribution < 1.29 is 9.90 Å². The molecular weight excluding hydrogens is 206 g/mol. The van der Waals surface area contributed by atoms with Crippen molar-refractivity contribution in [2.75, 3.05) is 0 Å². The second-order valence-electron chi connectivity index (χ2n) is 2.35. The number of carbonyl (C=O) groups is 1. The first-order valence-corrected chi connectivity index (χ1v) is 5.16. The van der Waals surface area contributed by atoms with Crippen LogP contribution >= 0.6 is 22.9 Å². The molecule has 0 radical (unpaired) electrons. The number of hydrogen-bond donors (Lipinski definition) is 1. The van der Waals surface area contributed by atoms with Gasteiger partial charge in [-0.25, -0.2) is 9.17 Å². The highest BCUT2D eigenvalue weighted by Gasteiger charge is 2.13. The minimum absolute atomic E-state index is 0.379. The van der Waals surface area contributed by atoms with Crippen molar-refractivity contribution in [3.8, 4) is 10.4 Å². The lowest BCUT2D eigenvalue weighted by molar-refractivity contribution is 0.0703. The molecule has 2 aromatic heterocycles. The molecule has 2 rings (SSSR count). The zero-order valence-electron chi connectivity index (χ0n) is 6.43. The minimum Gasteiger partial charge on any atom is -0.477 e. The number of aromatic carboxylic acids is 1. The van der Waals surface area contributed by atoms with E-state index in [9.17, 15) is 4.79 Å². The molecule has 0 spiro atoms. The second-order valence-corrected chi connectivity index (χ2v) is 4.09. The number of rotatable bonds is 2. The summed E-state index contributed by atoms with van der Waals surface area (Å²) >= 11 is 2.54. The molecule has 0 aliphatic carbocycles. The minimum atomic E-state index is -0.876. The Bertz CT molecular complexity index is 419. The van der Waals surface area contributed by atoms with Crippen LogP contribution in [0.1, 0.15) is 9.67 Å². The summed E-state index contributed by atoms with van der Waals surface area (Å²) in [6.07, 6.45) is 1.67. The van der Waals surface area contributed by atoms with Gasteiger partial charge in [-0.1, -0.05) is 0 Å². The highest BCUT2D eigenvalue weighted by Crippen LogP contribution is 2.30. The summed E-state index contributed by atoms with van der Waals surface area (Å²) in [4.78, 5) is 12.1. The SMILES string of the molecule is O=C(O)c1sccc1-c1ccns1. The van der Waals surface area contributed by atoms with E-state index in [2.05, 4.69) is 4.37 Å². The van der Waals surface area contributed by atoms with Gasteiger partial charge in [0.05, 0.1) is 4.88 Å². The molecule has 3 nitrogen and oxygen atoms in total. The van der Waals surface area contributed by atoms with Crippen molar-refractivity contribution in [1.29, 1.82) is 0 Å². The van der Waals surface area contributed by atoms with Crippen molar-refractivity contribution in [2.24, 2.45) is 0 Å². The van der Waals surface area contributed by atoms with E-state index in [0.29, 0.717) is 4.88 Å². The molecule has 2 heterocycles. The van der Waals surface area contributed by atoms with Crippen LogP contribution in [0.5, 0.6) is 0 Å². The van der Waals surface area contributed by atoms with Crippen LogP contribution in [0.15, 0.2) is 23.7 Å². The molecule has 66 valence electrons. The molecule has 0 amide bonds. The van der Waals surface area contributed by atoms with Gasteiger partial charge >= 0.3 is 5.97 Å². The third-order valence-electron chi connectivity index (χ3n) is 1.56. The first-order valence-electron chi connectivity index (χ1n) is 3.51. The lowest BCUT2D eigenvalue weighted by Gasteiger charge is -1.93. The summed E-state index contributed by atoms with van der Waals surface area (Å²) in [7, 11) is 0. The van der Waals surface area contributed by atoms with E-state index in [4.69, 9.17) is 5.11 Å². The normalized spacial score (nSPS) is 10.2. The summed E-state index contributed by atoms with van der Waals surface area (Å²) in [5.41, 5.74) is 0.764. The van der Waals surface area contributed by atoms with E-state index in [0.717, 1.165) is 10.4 Å². The maximum absolute atomic E-state index is 10.8. The van der Waals surface area contributed by atoms with Gasteiger partial charge in [-0.05, 0) is 29.0 Å². The van der Waals surface area contributed by atoms with Crippen LogP contribution < -0.4 is 0 Å². The van der Waals surface area contributed by atoms with Crippen molar-refractivity contribution in [3.05, 3.63) is 28.6 Å². The number of hydrogen-bond acceptors (Lipinski definition) is 4. The van der Waals surface area contributed by atoms with Gasteiger partial charge in [0, 0.05) is 11.8 Å². The third-order valence-corrected chi connectivity index (χ3v) is 3.24. The monoisotopic (exact) mass is 211 g/mol. The molecule has 2 aromatic rings. The fraction of sp³-hybridized carbons (Fsp3) is 0. The topological polar surface area (TPSA) is 50.2 Å². The maximum Gasteiger partial charge on any atom is 0.346 e. The van der Waals surface area contributed by atoms with Gasteiger partial charge in [0.2, 0.25) is 0 Å². The fourth-order valence-electron chi connectivity index (χ4n) is 1.02. The average Bonchev–Trinajstić information content (AvgIpc) is 2.74. The van der Waals surface area contributed by atoms with Gasteiger partial charge in [-0.15, -0.1) is 11.3 Å². The van der Waals surface area contributed by atoms with Gasteiger partial charge in [0.25, 0.3) is 0 Å². The first kappa shape index (κ1) is 8.40. The molecule has 0 bridgehead atoms. The Morgan fingerprint density at radius 3 is 2.92 bits per heavy atom. The predicted octanol–water partition coefficient (Wildman–Crippen LogP) is 2.57. The molecular formula is C8H5NO2S2. The van der Waals surface area contributed by atoms with Crippen molar-refractivity contribution in [3.63, 3.8) is 0 Å². The molecule has 0 atom stereocenters. The lowest BCUT2D eigenvalue weighted by atomic mass is 10.2.